The van der Waals surface area contributed by atoms with Crippen LogP contribution < -0.4 is 5.73 Å². The second-order valence-corrected chi connectivity index (χ2v) is 5.18. The van der Waals surface area contributed by atoms with Crippen LogP contribution in [0.3, 0.4) is 0 Å². The Bertz CT molecular complexity index is 576. The lowest BCUT2D eigenvalue weighted by Gasteiger charge is -2.06. The minimum atomic E-state index is -0.488. The molecule has 1 heterocycles. The molecule has 0 aliphatic carbocycles. The Balaban J connectivity index is 2.12. The van der Waals surface area contributed by atoms with Crippen molar-refractivity contribution in [2.75, 3.05) is 13.2 Å². The monoisotopic (exact) mass is 343 g/mol. The number of hydrogen-bond donors (Lipinski definition) is 1. The van der Waals surface area contributed by atoms with E-state index in [9.17, 15) is 4.39 Å². The minimum Gasteiger partial charge on any atom is -0.379 e. The van der Waals surface area contributed by atoms with Crippen molar-refractivity contribution in [3.05, 3.63) is 34.3 Å². The number of halogens is 2. The zero-order valence-electron chi connectivity index (χ0n) is 11.0. The van der Waals surface area contributed by atoms with Gasteiger partial charge in [-0.25, -0.2) is 4.39 Å². The second-order valence-electron chi connectivity index (χ2n) is 4.26. The van der Waals surface area contributed by atoms with E-state index >= 15 is 0 Å². The summed E-state index contributed by atoms with van der Waals surface area (Å²) in [5.74, 6) is -0.0280. The third kappa shape index (κ3) is 3.62. The summed E-state index contributed by atoms with van der Waals surface area (Å²) in [4.78, 5) is 4.11. The Labute approximate surface area is 124 Å². The van der Waals surface area contributed by atoms with Gasteiger partial charge >= 0.3 is 0 Å². The van der Waals surface area contributed by atoms with Gasteiger partial charge in [-0.15, -0.1) is 0 Å². The molecule has 2 N–H and O–H groups in total. The molecule has 0 radical (unpaired) electrons. The van der Waals surface area contributed by atoms with E-state index in [1.165, 1.54) is 6.07 Å². The Hall–Kier alpha value is -1.31. The lowest BCUT2D eigenvalue weighted by Crippen LogP contribution is -2.18. The molecule has 5 nitrogen and oxygen atoms in total. The maximum Gasteiger partial charge on any atom is 0.260 e. The Kier molecular flexibility index (Phi) is 5.22. The van der Waals surface area contributed by atoms with Gasteiger partial charge in [0.2, 0.25) is 0 Å². The van der Waals surface area contributed by atoms with Crippen LogP contribution in [0, 0.1) is 5.82 Å². The van der Waals surface area contributed by atoms with E-state index in [4.69, 9.17) is 15.0 Å². The van der Waals surface area contributed by atoms with Gasteiger partial charge in [0.25, 0.3) is 5.89 Å². The SMILES string of the molecule is CCCOCC(N)c1noc(-c2ccc(Br)cc2F)n1. The lowest BCUT2D eigenvalue weighted by molar-refractivity contribution is 0.119. The average Bonchev–Trinajstić information content (AvgIpc) is 2.88. The van der Waals surface area contributed by atoms with E-state index < -0.39 is 11.9 Å². The molecule has 2 rings (SSSR count). The Morgan fingerprint density at radius 3 is 3.00 bits per heavy atom. The van der Waals surface area contributed by atoms with Crippen molar-refractivity contribution in [3.8, 4) is 11.5 Å². The Morgan fingerprint density at radius 1 is 1.50 bits per heavy atom. The van der Waals surface area contributed by atoms with Gasteiger partial charge in [0.05, 0.1) is 18.2 Å². The molecule has 0 fully saturated rings. The van der Waals surface area contributed by atoms with Crippen LogP contribution in [0.25, 0.3) is 11.5 Å². The summed E-state index contributed by atoms with van der Waals surface area (Å²) in [6.45, 7) is 2.93. The van der Waals surface area contributed by atoms with Crippen LogP contribution in [0.4, 0.5) is 4.39 Å². The normalized spacial score (nSPS) is 12.6. The summed E-state index contributed by atoms with van der Waals surface area (Å²) in [5.41, 5.74) is 6.12. The highest BCUT2D eigenvalue weighted by Gasteiger charge is 2.17. The molecule has 0 spiro atoms. The molecule has 2 aromatic rings. The van der Waals surface area contributed by atoms with E-state index in [2.05, 4.69) is 26.1 Å². The zero-order chi connectivity index (χ0) is 14.5. The second kappa shape index (κ2) is 6.92. The molecule has 0 aliphatic rings. The van der Waals surface area contributed by atoms with Crippen LogP contribution >= 0.6 is 15.9 Å². The fourth-order valence-corrected chi connectivity index (χ4v) is 1.92. The van der Waals surface area contributed by atoms with Crippen molar-refractivity contribution in [1.29, 1.82) is 0 Å². The van der Waals surface area contributed by atoms with Crippen LogP contribution in [0.5, 0.6) is 0 Å². The van der Waals surface area contributed by atoms with Crippen LogP contribution in [0.2, 0.25) is 0 Å². The first-order valence-electron chi connectivity index (χ1n) is 6.24. The van der Waals surface area contributed by atoms with E-state index in [1.807, 2.05) is 6.92 Å². The Morgan fingerprint density at radius 2 is 2.30 bits per heavy atom. The fourth-order valence-electron chi connectivity index (χ4n) is 1.59. The highest BCUT2D eigenvalue weighted by atomic mass is 79.9. The summed E-state index contributed by atoms with van der Waals surface area (Å²) in [6, 6.07) is 4.11. The number of hydrogen-bond acceptors (Lipinski definition) is 5. The molecule has 0 aliphatic heterocycles. The number of aromatic nitrogens is 2. The van der Waals surface area contributed by atoms with Gasteiger partial charge in [0, 0.05) is 11.1 Å². The molecular formula is C13H15BrFN3O2. The standard InChI is InChI=1S/C13H15BrFN3O2/c1-2-5-19-7-11(16)12-17-13(20-18-12)9-4-3-8(14)6-10(9)15/h3-4,6,11H,2,5,7,16H2,1H3. The fraction of sp³-hybridized carbons (Fsp3) is 0.385. The third-order valence-electron chi connectivity index (χ3n) is 2.58. The van der Waals surface area contributed by atoms with E-state index in [0.717, 1.165) is 6.42 Å². The molecule has 1 unspecified atom stereocenters. The van der Waals surface area contributed by atoms with Crippen molar-refractivity contribution < 1.29 is 13.7 Å². The van der Waals surface area contributed by atoms with E-state index in [-0.39, 0.29) is 11.5 Å². The van der Waals surface area contributed by atoms with E-state index in [1.54, 1.807) is 12.1 Å². The first-order valence-corrected chi connectivity index (χ1v) is 7.03. The van der Waals surface area contributed by atoms with Crippen LogP contribution in [0.15, 0.2) is 27.2 Å². The van der Waals surface area contributed by atoms with Crippen LogP contribution in [0.1, 0.15) is 25.2 Å². The van der Waals surface area contributed by atoms with E-state index in [0.29, 0.717) is 23.5 Å². The summed E-state index contributed by atoms with van der Waals surface area (Å²) in [5, 5.41) is 3.77. The maximum atomic E-state index is 13.8. The van der Waals surface area contributed by atoms with Crippen LogP contribution in [-0.2, 0) is 4.74 Å². The van der Waals surface area contributed by atoms with Crippen LogP contribution in [-0.4, -0.2) is 23.4 Å². The molecular weight excluding hydrogens is 329 g/mol. The molecule has 0 saturated heterocycles. The first kappa shape index (κ1) is 15.1. The van der Waals surface area contributed by atoms with Crippen molar-refractivity contribution in [2.45, 2.75) is 19.4 Å². The summed E-state index contributed by atoms with van der Waals surface area (Å²) in [6.07, 6.45) is 0.911. The zero-order valence-corrected chi connectivity index (χ0v) is 12.6. The molecule has 108 valence electrons. The highest BCUT2D eigenvalue weighted by Crippen LogP contribution is 2.24. The van der Waals surface area contributed by atoms with Crippen molar-refractivity contribution in [3.63, 3.8) is 0 Å². The molecule has 1 aromatic carbocycles. The third-order valence-corrected chi connectivity index (χ3v) is 3.07. The molecule has 0 amide bonds. The van der Waals surface area contributed by atoms with Gasteiger partial charge < -0.3 is 15.0 Å². The highest BCUT2D eigenvalue weighted by molar-refractivity contribution is 9.10. The molecule has 7 heteroatoms. The van der Waals surface area contributed by atoms with Gasteiger partial charge in [-0.3, -0.25) is 0 Å². The number of nitrogens with zero attached hydrogens (tertiary/aromatic N) is 2. The van der Waals surface area contributed by atoms with Crippen molar-refractivity contribution in [1.82, 2.24) is 10.1 Å². The molecule has 0 bridgehead atoms. The van der Waals surface area contributed by atoms with Gasteiger partial charge in [-0.05, 0) is 24.6 Å². The maximum absolute atomic E-state index is 13.8. The number of ether oxygens (including phenoxy) is 1. The van der Waals surface area contributed by atoms with Gasteiger partial charge in [-0.2, -0.15) is 4.98 Å². The van der Waals surface area contributed by atoms with Gasteiger partial charge in [0.15, 0.2) is 5.82 Å². The van der Waals surface area contributed by atoms with Gasteiger partial charge in [-0.1, -0.05) is 28.0 Å². The first-order chi connectivity index (χ1) is 9.61. The number of nitrogens with two attached hydrogens (primary N) is 1. The number of rotatable bonds is 6. The predicted molar refractivity (Wildman–Crippen MR) is 75.4 cm³/mol. The molecule has 0 saturated carbocycles. The van der Waals surface area contributed by atoms with Crippen molar-refractivity contribution in [2.24, 2.45) is 5.73 Å². The summed E-state index contributed by atoms with van der Waals surface area (Å²) in [7, 11) is 0. The largest absolute Gasteiger partial charge is 0.379 e. The van der Waals surface area contributed by atoms with Crippen molar-refractivity contribution >= 4 is 15.9 Å². The topological polar surface area (TPSA) is 74.2 Å². The van der Waals surface area contributed by atoms with Gasteiger partial charge in [0.1, 0.15) is 5.82 Å². The predicted octanol–water partition coefficient (Wildman–Crippen LogP) is 3.06. The molecule has 1 atom stereocenters. The number of benzene rings is 1. The minimum absolute atomic E-state index is 0.107. The summed E-state index contributed by atoms with van der Waals surface area (Å²) >= 11 is 3.19. The molecule has 20 heavy (non-hydrogen) atoms. The quantitative estimate of drug-likeness (QED) is 0.816. The molecule has 1 aromatic heterocycles. The smallest absolute Gasteiger partial charge is 0.260 e. The average molecular weight is 344 g/mol. The lowest BCUT2D eigenvalue weighted by atomic mass is 10.2. The summed E-state index contributed by atoms with van der Waals surface area (Å²) < 4.78 is 24.8.